The van der Waals surface area contributed by atoms with E-state index in [0.29, 0.717) is 19.1 Å². The van der Waals surface area contributed by atoms with Crippen LogP contribution in [0.5, 0.6) is 0 Å². The number of nitrogens with zero attached hydrogens (tertiary/aromatic N) is 3. The Kier molecular flexibility index (Phi) is 3.26. The third-order valence-corrected chi connectivity index (χ3v) is 7.39. The number of halogens is 1. The molecule has 0 N–H and O–H groups in total. The molecule has 0 amide bonds. The van der Waals surface area contributed by atoms with Crippen LogP contribution >= 0.6 is 15.9 Å². The Bertz CT molecular complexity index is 572. The molecule has 0 atom stereocenters. The van der Waals surface area contributed by atoms with Crippen LogP contribution in [-0.2, 0) is 10.0 Å². The van der Waals surface area contributed by atoms with Crippen LogP contribution in [0, 0.1) is 0 Å². The lowest BCUT2D eigenvalue weighted by Gasteiger charge is -2.33. The average molecular weight is 348 g/mol. The molecular formula is C12H18BrN3O2S. The fraction of sp³-hybridized carbons (Fsp3) is 0.750. The second kappa shape index (κ2) is 4.56. The molecule has 19 heavy (non-hydrogen) atoms. The molecule has 7 heteroatoms. The van der Waals surface area contributed by atoms with Crippen LogP contribution in [0.1, 0.15) is 38.6 Å². The summed E-state index contributed by atoms with van der Waals surface area (Å²) >= 11 is 3.39. The molecule has 1 saturated carbocycles. The Hall–Kier alpha value is -0.400. The Morgan fingerprint density at radius 3 is 2.47 bits per heavy atom. The van der Waals surface area contributed by atoms with Crippen LogP contribution in [0.3, 0.4) is 0 Å². The minimum Gasteiger partial charge on any atom is -0.268 e. The maximum absolute atomic E-state index is 12.4. The third kappa shape index (κ3) is 2.36. The predicted molar refractivity (Wildman–Crippen MR) is 76.3 cm³/mol. The molecule has 0 aromatic carbocycles. The van der Waals surface area contributed by atoms with E-state index in [9.17, 15) is 8.42 Å². The second-order valence-corrected chi connectivity index (χ2v) is 9.09. The van der Waals surface area contributed by atoms with E-state index in [1.54, 1.807) is 10.5 Å². The van der Waals surface area contributed by atoms with Crippen LogP contribution in [0.15, 0.2) is 16.9 Å². The van der Waals surface area contributed by atoms with E-state index in [4.69, 9.17) is 0 Å². The lowest BCUT2D eigenvalue weighted by atomic mass is 10.1. The summed E-state index contributed by atoms with van der Waals surface area (Å²) < 4.78 is 28.9. The number of hydrogen-bond donors (Lipinski definition) is 0. The summed E-state index contributed by atoms with van der Waals surface area (Å²) in [6, 6.07) is 0.310. The normalized spacial score (nSPS) is 24.5. The molecule has 1 aliphatic heterocycles. The summed E-state index contributed by atoms with van der Waals surface area (Å²) in [7, 11) is -3.09. The fourth-order valence-electron chi connectivity index (χ4n) is 2.61. The molecule has 0 bridgehead atoms. The first-order chi connectivity index (χ1) is 8.92. The fourth-order valence-corrected chi connectivity index (χ4v) is 4.84. The van der Waals surface area contributed by atoms with Crippen LogP contribution < -0.4 is 0 Å². The van der Waals surface area contributed by atoms with Gasteiger partial charge in [0.2, 0.25) is 10.0 Å². The zero-order valence-electron chi connectivity index (χ0n) is 10.9. The minimum atomic E-state index is -3.09. The van der Waals surface area contributed by atoms with E-state index in [1.165, 1.54) is 0 Å². The van der Waals surface area contributed by atoms with E-state index in [0.717, 1.165) is 30.2 Å². The van der Waals surface area contributed by atoms with Crippen molar-refractivity contribution in [3.8, 4) is 0 Å². The highest BCUT2D eigenvalue weighted by Crippen LogP contribution is 2.45. The lowest BCUT2D eigenvalue weighted by molar-refractivity contribution is 0.259. The summed E-state index contributed by atoms with van der Waals surface area (Å²) in [6.07, 6.45) is 7.01. The van der Waals surface area contributed by atoms with Gasteiger partial charge in [0.25, 0.3) is 0 Å². The third-order valence-electron chi connectivity index (χ3n) is 4.28. The maximum atomic E-state index is 12.4. The Morgan fingerprint density at radius 1 is 1.37 bits per heavy atom. The van der Waals surface area contributed by atoms with Gasteiger partial charge >= 0.3 is 0 Å². The number of aromatic nitrogens is 2. The molecular weight excluding hydrogens is 330 g/mol. The van der Waals surface area contributed by atoms with Crippen molar-refractivity contribution in [2.45, 2.75) is 43.4 Å². The van der Waals surface area contributed by atoms with Crippen LogP contribution in [0.25, 0.3) is 0 Å². The van der Waals surface area contributed by atoms with Crippen molar-refractivity contribution in [2.24, 2.45) is 0 Å². The molecule has 2 aliphatic rings. The van der Waals surface area contributed by atoms with Gasteiger partial charge in [0.1, 0.15) is 0 Å². The number of rotatable bonds is 3. The largest absolute Gasteiger partial charge is 0.268 e. The molecule has 1 aliphatic carbocycles. The molecule has 2 heterocycles. The molecule has 1 aromatic heterocycles. The minimum absolute atomic E-state index is 0.310. The van der Waals surface area contributed by atoms with Crippen molar-refractivity contribution < 1.29 is 8.42 Å². The molecule has 0 unspecified atom stereocenters. The summed E-state index contributed by atoms with van der Waals surface area (Å²) in [5.74, 6) is 0. The van der Waals surface area contributed by atoms with E-state index in [1.807, 2.05) is 17.8 Å². The van der Waals surface area contributed by atoms with Gasteiger partial charge in [0.15, 0.2) is 0 Å². The van der Waals surface area contributed by atoms with Gasteiger partial charge in [-0.2, -0.15) is 5.10 Å². The lowest BCUT2D eigenvalue weighted by Crippen LogP contribution is -2.44. The monoisotopic (exact) mass is 347 g/mol. The van der Waals surface area contributed by atoms with E-state index in [2.05, 4.69) is 21.0 Å². The summed E-state index contributed by atoms with van der Waals surface area (Å²) in [6.45, 7) is 3.08. The molecule has 0 spiro atoms. The van der Waals surface area contributed by atoms with Gasteiger partial charge in [-0.25, -0.2) is 12.7 Å². The van der Waals surface area contributed by atoms with Crippen molar-refractivity contribution in [1.29, 1.82) is 0 Å². The molecule has 1 saturated heterocycles. The average Bonchev–Trinajstić information content (AvgIpc) is 3.00. The van der Waals surface area contributed by atoms with Gasteiger partial charge in [-0.15, -0.1) is 0 Å². The van der Waals surface area contributed by atoms with E-state index >= 15 is 0 Å². The van der Waals surface area contributed by atoms with Crippen molar-refractivity contribution in [2.75, 3.05) is 13.1 Å². The van der Waals surface area contributed by atoms with Crippen molar-refractivity contribution in [1.82, 2.24) is 14.1 Å². The quantitative estimate of drug-likeness (QED) is 0.841. The first-order valence-electron chi connectivity index (χ1n) is 6.62. The summed E-state index contributed by atoms with van der Waals surface area (Å²) in [5.41, 5.74) is 0. The molecule has 3 rings (SSSR count). The first-order valence-corrected chi connectivity index (χ1v) is 8.85. The molecule has 5 nitrogen and oxygen atoms in total. The van der Waals surface area contributed by atoms with Crippen LogP contribution in [0.4, 0.5) is 0 Å². The van der Waals surface area contributed by atoms with Gasteiger partial charge in [-0.3, -0.25) is 4.68 Å². The zero-order chi connectivity index (χ0) is 13.7. The number of piperidine rings is 1. The topological polar surface area (TPSA) is 55.2 Å². The smallest absolute Gasteiger partial charge is 0.219 e. The Balaban J connectivity index is 1.67. The second-order valence-electron chi connectivity index (χ2n) is 5.72. The standard InChI is InChI=1S/C12H18BrN3O2S/c1-12(4-5-12)19(17,18)15-6-2-11(3-7-15)16-9-10(13)8-14-16/h8-9,11H,2-7H2,1H3. The van der Waals surface area contributed by atoms with Gasteiger partial charge in [-0.1, -0.05) is 0 Å². The van der Waals surface area contributed by atoms with Crippen molar-refractivity contribution in [3.63, 3.8) is 0 Å². The number of sulfonamides is 1. The van der Waals surface area contributed by atoms with Crippen LogP contribution in [-0.4, -0.2) is 40.3 Å². The van der Waals surface area contributed by atoms with Crippen molar-refractivity contribution >= 4 is 26.0 Å². The van der Waals surface area contributed by atoms with E-state index < -0.39 is 14.8 Å². The highest BCUT2D eigenvalue weighted by molar-refractivity contribution is 9.10. The van der Waals surface area contributed by atoms with Gasteiger partial charge in [0.05, 0.1) is 21.5 Å². The summed E-state index contributed by atoms with van der Waals surface area (Å²) in [5, 5.41) is 4.29. The first kappa shape index (κ1) is 13.6. The molecule has 0 radical (unpaired) electrons. The highest BCUT2D eigenvalue weighted by atomic mass is 79.9. The molecule has 106 valence electrons. The van der Waals surface area contributed by atoms with Crippen LogP contribution in [0.2, 0.25) is 0 Å². The van der Waals surface area contributed by atoms with Gasteiger partial charge in [-0.05, 0) is 48.5 Å². The Morgan fingerprint density at radius 2 is 2.00 bits per heavy atom. The Labute approximate surface area is 122 Å². The SMILES string of the molecule is CC1(S(=O)(=O)N2CCC(n3cc(Br)cn3)CC2)CC1. The van der Waals surface area contributed by atoms with Crippen molar-refractivity contribution in [3.05, 3.63) is 16.9 Å². The van der Waals surface area contributed by atoms with E-state index in [-0.39, 0.29) is 0 Å². The number of hydrogen-bond acceptors (Lipinski definition) is 3. The maximum Gasteiger partial charge on any atom is 0.219 e. The highest BCUT2D eigenvalue weighted by Gasteiger charge is 2.53. The molecule has 1 aromatic rings. The predicted octanol–water partition coefficient (Wildman–Crippen LogP) is 2.16. The summed E-state index contributed by atoms with van der Waals surface area (Å²) in [4.78, 5) is 0. The zero-order valence-corrected chi connectivity index (χ0v) is 13.3. The van der Waals surface area contributed by atoms with Gasteiger partial charge < -0.3 is 0 Å². The molecule has 2 fully saturated rings. The van der Waals surface area contributed by atoms with Gasteiger partial charge in [0, 0.05) is 19.3 Å².